The van der Waals surface area contributed by atoms with Crippen LogP contribution in [0, 0.1) is 47.3 Å². The summed E-state index contributed by atoms with van der Waals surface area (Å²) in [5, 5.41) is 14.5. The van der Waals surface area contributed by atoms with E-state index in [1.165, 1.54) is 63.2 Å². The Balaban J connectivity index is 0.000000157. The molecule has 0 unspecified atom stereocenters. The molecule has 2 aliphatic carbocycles. The number of likely N-dealkylation sites (tertiary alicyclic amines) is 4. The normalized spacial score (nSPS) is 20.0. The van der Waals surface area contributed by atoms with Crippen molar-refractivity contribution in [2.75, 3.05) is 70.7 Å². The lowest BCUT2D eigenvalue weighted by atomic mass is 9.74. The van der Waals surface area contributed by atoms with E-state index in [4.69, 9.17) is 22.9 Å². The molecular formula is C100H126F2N24O12S2. The monoisotopic (exact) mass is 1960 g/mol. The van der Waals surface area contributed by atoms with Crippen molar-refractivity contribution in [3.05, 3.63) is 190 Å². The molecule has 0 bridgehead atoms. The summed E-state index contributed by atoms with van der Waals surface area (Å²) in [4.78, 5) is 196. The number of aromatic nitrogens is 12. The molecule has 0 aromatic carbocycles. The molecule has 12 atom stereocenters. The number of alkyl halides is 2. The van der Waals surface area contributed by atoms with Crippen LogP contribution in [0.5, 0.6) is 0 Å². The van der Waals surface area contributed by atoms with E-state index in [0.29, 0.717) is 91.0 Å². The predicted octanol–water partition coefficient (Wildman–Crippen LogP) is 11.4. The van der Waals surface area contributed by atoms with Crippen LogP contribution in [-0.2, 0) is 111 Å². The maximum Gasteiger partial charge on any atom is 0.253 e. The third-order valence-corrected chi connectivity index (χ3v) is 29.8. The van der Waals surface area contributed by atoms with E-state index in [1.54, 1.807) is 201 Å². The average Bonchev–Trinajstić information content (AvgIpc) is 1.01. The zero-order valence-electron chi connectivity index (χ0n) is 81.2. The van der Waals surface area contributed by atoms with E-state index in [0.717, 1.165) is 100 Å². The lowest BCUT2D eigenvalue weighted by molar-refractivity contribution is -0.173. The SMILES string of the molecule is CC[C@@H](CC(=O)N1C(=O)[C@H](Cc2ccnc(N)c2)[C@H]1C(=O)N(C)c1ccn(C)n1)c1cccs1.CC[C@@H](CC(=O)N1C(=O)[C@H](Cc2ccnc(N)c2)[C@H]1C(=O)N(C)c1ccn(C)n1)c1ccsc1.CC[C@@H](CC(=O)N1C(=O)[C@H](Cc2ccnc(N)c2)[C@H]1C(=O)N(C)c1nccn1C)C1CCCCC1.CN(C(=O)[C@@H]1[C@@H](Cc2ccnc(N)c2)C(=O)N1C(=O)C[C@@H](C1CCCCC1)C(C)(F)F)c1nccn1C. The second-order valence-corrected chi connectivity index (χ2v) is 39.1. The highest BCUT2D eigenvalue weighted by Gasteiger charge is 2.60. The van der Waals surface area contributed by atoms with Gasteiger partial charge in [0.1, 0.15) is 47.4 Å². The Morgan fingerprint density at radius 3 is 1.09 bits per heavy atom. The number of thiophene rings is 2. The van der Waals surface area contributed by atoms with Crippen molar-refractivity contribution in [1.82, 2.24) is 78.2 Å². The van der Waals surface area contributed by atoms with Gasteiger partial charge in [-0.3, -0.25) is 106 Å². The first kappa shape index (κ1) is 104. The molecule has 744 valence electrons. The number of carbonyl (C=O) groups excluding carboxylic acids is 12. The summed E-state index contributed by atoms with van der Waals surface area (Å²) < 4.78 is 35.9. The van der Waals surface area contributed by atoms with Crippen LogP contribution >= 0.6 is 22.7 Å². The Labute approximate surface area is 820 Å². The van der Waals surface area contributed by atoms with Crippen LogP contribution in [0.2, 0.25) is 0 Å². The molecular weight excluding hydrogens is 1830 g/mol. The molecule has 10 aromatic heterocycles. The molecule has 16 rings (SSSR count). The maximum atomic E-state index is 14.7. The fraction of sp³-hybridized carbons (Fsp3) is 0.480. The molecule has 140 heavy (non-hydrogen) atoms. The minimum absolute atomic E-state index is 0.00335. The average molecular weight is 1960 g/mol. The van der Waals surface area contributed by atoms with Gasteiger partial charge >= 0.3 is 0 Å². The standard InChI is InChI=1S/C26H34F2N6O3.C26H36N6O3.2C24H28N6O3S/c1-26(27,28)19(17-7-5-4-6-8-17)15-21(35)34-22(24(37)33(3)25-31-11-12-32(25)2)18(23(34)36)13-16-9-10-30-20(29)14-16;1-4-18(19-8-6-5-7-9-19)16-22(33)32-23(25(35)31(3)26-29-12-13-30(26)2)20(24(32)34)14-17-10-11-28-21(27)15-17;1-4-16(17-7-10-34-14-17)13-21(31)30-22(24(33)29(3)20-6-9-28(2)27-20)18(23(30)32)11-15-5-8-26-19(25)12-15;1-4-16(18-6-5-11-34-18)14-21(31)30-22(24(33)29(3)20-8-10-28(2)27-20)17(23(30)32)12-15-7-9-26-19(25)13-15/h9-12,14,17-19,22H,4-8,13,15H2,1-3H3,(H2,29,30);10-13,15,18-20,23H,4-9,14,16H2,1-3H3,(H2,27,28);5-10,12,14,16,18,22H,4,11,13H2,1-3H3,(H2,25,26);5-11,13,16-17,22H,4,12,14H2,1-3H3,(H2,25,26)/t18-,19+,22+;18-,20+,23-;16-,18+,22-;16-,17+,22-/m1000/s1. The first-order chi connectivity index (χ1) is 66.9. The molecule has 0 radical (unpaired) electrons. The molecule has 40 heteroatoms. The van der Waals surface area contributed by atoms with Gasteiger partial charge in [-0.1, -0.05) is 84.6 Å². The highest BCUT2D eigenvalue weighted by Crippen LogP contribution is 2.45. The zero-order valence-corrected chi connectivity index (χ0v) is 82.8. The number of nitrogens with two attached hydrogens (primary N) is 4. The van der Waals surface area contributed by atoms with Crippen molar-refractivity contribution >= 4 is 140 Å². The number of likely N-dealkylation sites (N-methyl/N-ethyl adjacent to an activating group) is 4. The van der Waals surface area contributed by atoms with E-state index >= 15 is 0 Å². The second-order valence-electron chi connectivity index (χ2n) is 37.4. The third-order valence-electron chi connectivity index (χ3n) is 28.1. The summed E-state index contributed by atoms with van der Waals surface area (Å²) >= 11 is 3.17. The molecule has 0 spiro atoms. The summed E-state index contributed by atoms with van der Waals surface area (Å²) in [6.45, 7) is 6.98. The summed E-state index contributed by atoms with van der Waals surface area (Å²) in [5.74, 6) is -8.28. The van der Waals surface area contributed by atoms with Crippen LogP contribution in [0.25, 0.3) is 0 Å². The molecule has 4 aliphatic heterocycles. The van der Waals surface area contributed by atoms with Gasteiger partial charge < -0.3 is 32.1 Å². The largest absolute Gasteiger partial charge is 0.384 e. The van der Waals surface area contributed by atoms with Gasteiger partial charge in [0, 0.05) is 173 Å². The van der Waals surface area contributed by atoms with E-state index < -0.39 is 83.8 Å². The number of aryl methyl sites for hydroxylation is 4. The van der Waals surface area contributed by atoms with Crippen molar-refractivity contribution in [3.63, 3.8) is 0 Å². The lowest BCUT2D eigenvalue weighted by Gasteiger charge is -2.46. The molecule has 12 amide bonds. The number of hydrogen-bond acceptors (Lipinski definition) is 26. The van der Waals surface area contributed by atoms with Gasteiger partial charge in [-0.15, -0.1) is 11.3 Å². The zero-order chi connectivity index (χ0) is 101. The minimum Gasteiger partial charge on any atom is -0.384 e. The predicted molar refractivity (Wildman–Crippen MR) is 527 cm³/mol. The Morgan fingerprint density at radius 1 is 0.429 bits per heavy atom. The van der Waals surface area contributed by atoms with Gasteiger partial charge in [0.05, 0.1) is 23.7 Å². The summed E-state index contributed by atoms with van der Waals surface area (Å²) in [7, 11) is 13.4. The topological polar surface area (TPSA) is 458 Å². The quantitative estimate of drug-likeness (QED) is 0.0284. The number of β-lactam (4-membered cyclic amide) rings is 4. The molecule has 4 saturated heterocycles. The molecule has 8 N–H and O–H groups in total. The molecule has 36 nitrogen and oxygen atoms in total. The van der Waals surface area contributed by atoms with Gasteiger partial charge in [0.25, 0.3) is 23.6 Å². The Bertz CT molecular complexity index is 5880. The Kier molecular flexibility index (Phi) is 34.0. The first-order valence-corrected chi connectivity index (χ1v) is 49.4. The van der Waals surface area contributed by atoms with Crippen molar-refractivity contribution in [1.29, 1.82) is 0 Å². The summed E-state index contributed by atoms with van der Waals surface area (Å²) in [5.41, 5.74) is 27.4. The van der Waals surface area contributed by atoms with E-state index in [-0.39, 0.29) is 102 Å². The smallest absolute Gasteiger partial charge is 0.253 e. The van der Waals surface area contributed by atoms with Crippen LogP contribution in [0.15, 0.2) is 157 Å². The number of rotatable bonds is 32. The molecule has 14 heterocycles. The summed E-state index contributed by atoms with van der Waals surface area (Å²) in [6, 6.07) is 19.3. The van der Waals surface area contributed by atoms with Gasteiger partial charge in [-0.25, -0.2) is 38.7 Å². The second kappa shape index (κ2) is 46.0. The summed E-state index contributed by atoms with van der Waals surface area (Å²) in [6.07, 6.45) is 29.8. The van der Waals surface area contributed by atoms with Crippen molar-refractivity contribution < 1.29 is 66.3 Å². The Morgan fingerprint density at radius 2 is 0.786 bits per heavy atom. The minimum atomic E-state index is -3.08. The van der Waals surface area contributed by atoms with E-state index in [9.17, 15) is 66.3 Å². The van der Waals surface area contributed by atoms with Crippen molar-refractivity contribution in [2.45, 2.75) is 204 Å². The number of imidazole rings is 2. The lowest BCUT2D eigenvalue weighted by Crippen LogP contribution is -2.69. The highest BCUT2D eigenvalue weighted by atomic mass is 32.1. The number of anilines is 8. The van der Waals surface area contributed by atoms with Gasteiger partial charge in [-0.05, 0) is 187 Å². The number of imide groups is 4. The van der Waals surface area contributed by atoms with Gasteiger partial charge in [-0.2, -0.15) is 21.5 Å². The number of amides is 12. The van der Waals surface area contributed by atoms with Crippen LogP contribution in [-0.4, -0.2) is 207 Å². The molecule has 2 saturated carbocycles. The van der Waals surface area contributed by atoms with Crippen molar-refractivity contribution in [3.8, 4) is 0 Å². The van der Waals surface area contributed by atoms with Gasteiger partial charge in [0.2, 0.25) is 65.1 Å². The number of hydrogen-bond donors (Lipinski definition) is 4. The number of nitrogens with zero attached hydrogens (tertiary/aromatic N) is 20. The van der Waals surface area contributed by atoms with Crippen LogP contribution in [0.3, 0.4) is 0 Å². The van der Waals surface area contributed by atoms with Crippen LogP contribution < -0.4 is 42.5 Å². The van der Waals surface area contributed by atoms with Crippen LogP contribution in [0.4, 0.5) is 55.6 Å². The van der Waals surface area contributed by atoms with Gasteiger partial charge in [0.15, 0.2) is 11.6 Å². The van der Waals surface area contributed by atoms with Crippen LogP contribution in [0.1, 0.15) is 181 Å². The third kappa shape index (κ3) is 23.7. The molecule has 6 fully saturated rings. The first-order valence-electron chi connectivity index (χ1n) is 47.6. The molecule has 6 aliphatic rings. The number of pyridine rings is 4. The molecule has 10 aromatic rings. The fourth-order valence-corrected chi connectivity index (χ4v) is 21.9. The number of nitrogen functional groups attached to an aromatic ring is 4. The Hall–Kier alpha value is -13.7. The number of halogens is 2. The number of carbonyl (C=O) groups is 12. The van der Waals surface area contributed by atoms with E-state index in [1.807, 2.05) is 48.2 Å². The fourth-order valence-electron chi connectivity index (χ4n) is 20.2. The maximum absolute atomic E-state index is 14.7. The van der Waals surface area contributed by atoms with Crippen molar-refractivity contribution in [2.24, 2.45) is 75.5 Å². The highest BCUT2D eigenvalue weighted by molar-refractivity contribution is 7.10. The van der Waals surface area contributed by atoms with E-state index in [2.05, 4.69) is 47.0 Å².